The Kier molecular flexibility index (Phi) is 6.25. The van der Waals surface area contributed by atoms with E-state index >= 15 is 0 Å². The molecule has 0 amide bonds. The van der Waals surface area contributed by atoms with Gasteiger partial charge in [-0.2, -0.15) is 0 Å². The number of rotatable bonds is 3. The molecule has 1 aromatic carbocycles. The highest BCUT2D eigenvalue weighted by Crippen LogP contribution is 2.22. The Labute approximate surface area is 124 Å². The van der Waals surface area contributed by atoms with Gasteiger partial charge in [-0.1, -0.05) is 12.0 Å². The average Bonchev–Trinajstić information content (AvgIpc) is 2.40. The van der Waals surface area contributed by atoms with Gasteiger partial charge in [0.2, 0.25) is 0 Å². The largest absolute Gasteiger partial charge is 0.423 e. The van der Waals surface area contributed by atoms with Crippen molar-refractivity contribution in [2.75, 3.05) is 0 Å². The number of nitrogens with two attached hydrogens (primary N) is 1. The molecule has 5 heteroatoms. The number of benzene rings is 1. The molecule has 0 spiro atoms. The van der Waals surface area contributed by atoms with E-state index < -0.39 is 0 Å². The zero-order chi connectivity index (χ0) is 13.7. The first-order chi connectivity index (χ1) is 9.15. The van der Waals surface area contributed by atoms with Gasteiger partial charge in [-0.15, -0.1) is 12.4 Å². The molecule has 2 rings (SSSR count). The number of hydrogen-bond acceptors (Lipinski definition) is 3. The molecule has 1 aromatic rings. The van der Waals surface area contributed by atoms with Crippen molar-refractivity contribution in [3.63, 3.8) is 0 Å². The summed E-state index contributed by atoms with van der Waals surface area (Å²) in [6, 6.07) is 6.62. The van der Waals surface area contributed by atoms with E-state index in [1.54, 1.807) is 30.3 Å². The number of amidine groups is 1. The molecular weight excluding hydrogens is 276 g/mol. The number of esters is 1. The highest BCUT2D eigenvalue weighted by molar-refractivity contribution is 5.95. The zero-order valence-electron chi connectivity index (χ0n) is 11.2. The molecule has 0 aliphatic heterocycles. The molecule has 0 aromatic heterocycles. The van der Waals surface area contributed by atoms with E-state index in [4.69, 9.17) is 15.9 Å². The van der Waals surface area contributed by atoms with Crippen molar-refractivity contribution in [1.82, 2.24) is 0 Å². The van der Waals surface area contributed by atoms with Crippen LogP contribution in [0.2, 0.25) is 0 Å². The second-order valence-electron chi connectivity index (χ2n) is 4.72. The lowest BCUT2D eigenvalue weighted by Gasteiger charge is -2.12. The number of hydrogen-bond donors (Lipinski definition) is 2. The molecule has 108 valence electrons. The second-order valence-corrected chi connectivity index (χ2v) is 4.72. The second kappa shape index (κ2) is 7.70. The van der Waals surface area contributed by atoms with Crippen LogP contribution in [0.4, 0.5) is 0 Å². The van der Waals surface area contributed by atoms with Gasteiger partial charge in [0.05, 0.1) is 0 Å². The first kappa shape index (κ1) is 16.2. The molecule has 0 saturated heterocycles. The molecule has 1 aliphatic rings. The van der Waals surface area contributed by atoms with Crippen LogP contribution in [-0.4, -0.2) is 11.8 Å². The topological polar surface area (TPSA) is 76.2 Å². The Hall–Kier alpha value is -1.81. The lowest BCUT2D eigenvalue weighted by Crippen LogP contribution is -2.11. The minimum Gasteiger partial charge on any atom is -0.423 e. The molecule has 1 fully saturated rings. The van der Waals surface area contributed by atoms with Crippen LogP contribution in [0, 0.1) is 5.41 Å². The predicted molar refractivity (Wildman–Crippen MR) is 81.5 cm³/mol. The maximum atomic E-state index is 11.7. The average molecular weight is 295 g/mol. The molecule has 4 nitrogen and oxygen atoms in total. The first-order valence-electron chi connectivity index (χ1n) is 6.51. The number of nitrogens with one attached hydrogen (secondary N) is 1. The summed E-state index contributed by atoms with van der Waals surface area (Å²) in [4.78, 5) is 11.7. The Morgan fingerprint density at radius 2 is 1.75 bits per heavy atom. The van der Waals surface area contributed by atoms with Gasteiger partial charge in [0.25, 0.3) is 0 Å². The van der Waals surface area contributed by atoms with Crippen molar-refractivity contribution in [1.29, 1.82) is 5.41 Å². The molecule has 0 unspecified atom stereocenters. The first-order valence-corrected chi connectivity index (χ1v) is 6.51. The van der Waals surface area contributed by atoms with Crippen molar-refractivity contribution < 1.29 is 9.53 Å². The summed E-state index contributed by atoms with van der Waals surface area (Å²) >= 11 is 0. The van der Waals surface area contributed by atoms with Crippen LogP contribution in [0.25, 0.3) is 0 Å². The molecule has 0 radical (unpaired) electrons. The zero-order valence-corrected chi connectivity index (χ0v) is 12.0. The van der Waals surface area contributed by atoms with Gasteiger partial charge in [-0.05, 0) is 49.9 Å². The summed E-state index contributed by atoms with van der Waals surface area (Å²) in [5, 5.41) is 7.28. The number of allylic oxidation sites excluding steroid dienone is 1. The molecule has 0 bridgehead atoms. The number of ether oxygens (including phenoxy) is 1. The number of carbonyl (C=O) groups excluding carboxylic acids is 1. The maximum Gasteiger partial charge on any atom is 0.336 e. The van der Waals surface area contributed by atoms with Gasteiger partial charge in [0.1, 0.15) is 11.6 Å². The van der Waals surface area contributed by atoms with Gasteiger partial charge < -0.3 is 10.5 Å². The van der Waals surface area contributed by atoms with E-state index in [2.05, 4.69) is 0 Å². The van der Waals surface area contributed by atoms with Crippen molar-refractivity contribution in [2.45, 2.75) is 32.1 Å². The number of nitrogen functional groups attached to an aromatic ring is 1. The van der Waals surface area contributed by atoms with E-state index in [0.717, 1.165) is 25.7 Å². The molecule has 1 aliphatic carbocycles. The van der Waals surface area contributed by atoms with Crippen LogP contribution < -0.4 is 10.5 Å². The van der Waals surface area contributed by atoms with E-state index in [1.807, 2.05) is 0 Å². The van der Waals surface area contributed by atoms with E-state index in [0.29, 0.717) is 11.3 Å². The Morgan fingerprint density at radius 1 is 1.15 bits per heavy atom. The minimum atomic E-state index is -0.326. The van der Waals surface area contributed by atoms with Gasteiger partial charge in [0, 0.05) is 11.6 Å². The molecule has 3 N–H and O–H groups in total. The number of halogens is 1. The molecule has 0 heterocycles. The third-order valence-electron chi connectivity index (χ3n) is 3.20. The number of carbonyl (C=O) groups is 1. The van der Waals surface area contributed by atoms with Crippen molar-refractivity contribution in [3.8, 4) is 5.75 Å². The van der Waals surface area contributed by atoms with E-state index in [9.17, 15) is 4.79 Å². The molecular formula is C15H19ClN2O2. The van der Waals surface area contributed by atoms with Crippen LogP contribution >= 0.6 is 12.4 Å². The lowest BCUT2D eigenvalue weighted by atomic mass is 9.95. The third kappa shape index (κ3) is 4.70. The fraction of sp³-hybridized carbons (Fsp3) is 0.333. The summed E-state index contributed by atoms with van der Waals surface area (Å²) < 4.78 is 5.23. The monoisotopic (exact) mass is 294 g/mol. The summed E-state index contributed by atoms with van der Waals surface area (Å²) in [5.41, 5.74) is 7.15. The SMILES string of the molecule is Cl.N=C(N)c1ccc(OC(=O)C=C2CCCCC2)cc1. The normalized spacial score (nSPS) is 14.1. The quantitative estimate of drug-likeness (QED) is 0.295. The summed E-state index contributed by atoms with van der Waals surface area (Å²) in [6.07, 6.45) is 7.17. The summed E-state index contributed by atoms with van der Waals surface area (Å²) in [6.45, 7) is 0. The fourth-order valence-corrected chi connectivity index (χ4v) is 2.17. The standard InChI is InChI=1S/C15H18N2O2.ClH/c16-15(17)12-6-8-13(9-7-12)19-14(18)10-11-4-2-1-3-5-11;/h6-10H,1-5H2,(H3,16,17);1H. The van der Waals surface area contributed by atoms with Crippen LogP contribution in [0.1, 0.15) is 37.7 Å². The molecule has 20 heavy (non-hydrogen) atoms. The Morgan fingerprint density at radius 3 is 2.30 bits per heavy atom. The highest BCUT2D eigenvalue weighted by atomic mass is 35.5. The van der Waals surface area contributed by atoms with Crippen molar-refractivity contribution >= 4 is 24.2 Å². The van der Waals surface area contributed by atoms with Gasteiger partial charge in [-0.3, -0.25) is 5.41 Å². The predicted octanol–water partition coefficient (Wildman–Crippen LogP) is 3.19. The smallest absolute Gasteiger partial charge is 0.336 e. The van der Waals surface area contributed by atoms with Crippen LogP contribution in [0.5, 0.6) is 5.75 Å². The van der Waals surface area contributed by atoms with Gasteiger partial charge >= 0.3 is 5.97 Å². The summed E-state index contributed by atoms with van der Waals surface area (Å²) in [7, 11) is 0. The summed E-state index contributed by atoms with van der Waals surface area (Å²) in [5.74, 6) is 0.150. The minimum absolute atomic E-state index is 0. The van der Waals surface area contributed by atoms with E-state index in [-0.39, 0.29) is 24.2 Å². The maximum absolute atomic E-state index is 11.7. The Bertz CT molecular complexity index is 501. The van der Waals surface area contributed by atoms with E-state index in [1.165, 1.54) is 12.0 Å². The molecule has 1 saturated carbocycles. The fourth-order valence-electron chi connectivity index (χ4n) is 2.17. The van der Waals surface area contributed by atoms with Crippen LogP contribution in [0.15, 0.2) is 35.9 Å². The van der Waals surface area contributed by atoms with Gasteiger partial charge in [0.15, 0.2) is 0 Å². The van der Waals surface area contributed by atoms with Gasteiger partial charge in [-0.25, -0.2) is 4.79 Å². The highest BCUT2D eigenvalue weighted by Gasteiger charge is 2.09. The van der Waals surface area contributed by atoms with Crippen LogP contribution in [0.3, 0.4) is 0 Å². The Balaban J connectivity index is 0.00000200. The van der Waals surface area contributed by atoms with Crippen LogP contribution in [-0.2, 0) is 4.79 Å². The van der Waals surface area contributed by atoms with Crippen molar-refractivity contribution in [3.05, 3.63) is 41.5 Å². The lowest BCUT2D eigenvalue weighted by molar-refractivity contribution is -0.129. The molecule has 0 atom stereocenters. The third-order valence-corrected chi connectivity index (χ3v) is 3.20. The van der Waals surface area contributed by atoms with Crippen molar-refractivity contribution in [2.24, 2.45) is 5.73 Å².